The van der Waals surface area contributed by atoms with Crippen molar-refractivity contribution in [3.8, 4) is 11.8 Å². The fraction of sp³-hybridized carbons (Fsp3) is 0.467. The molecule has 0 bridgehead atoms. The van der Waals surface area contributed by atoms with E-state index in [4.69, 9.17) is 0 Å². The summed E-state index contributed by atoms with van der Waals surface area (Å²) in [6.07, 6.45) is 2.02. The lowest BCUT2D eigenvalue weighted by atomic mass is 9.98. The Kier molecular flexibility index (Phi) is 5.08. The van der Waals surface area contributed by atoms with E-state index in [1.165, 1.54) is 16.7 Å². The smallest absolute Gasteiger partial charge is 0.0326 e. The second kappa shape index (κ2) is 6.35. The first kappa shape index (κ1) is 12.8. The highest BCUT2D eigenvalue weighted by molar-refractivity contribution is 5.30. The number of hydrogen-bond acceptors (Lipinski definition) is 1. The second-order valence-electron chi connectivity index (χ2n) is 4.23. The summed E-state index contributed by atoms with van der Waals surface area (Å²) in [6.45, 7) is 6.19. The van der Waals surface area contributed by atoms with E-state index < -0.39 is 0 Å². The van der Waals surface area contributed by atoms with Crippen LogP contribution in [0.4, 0.5) is 0 Å². The first-order chi connectivity index (χ1) is 7.67. The van der Waals surface area contributed by atoms with E-state index in [2.05, 4.69) is 49.2 Å². The lowest BCUT2D eigenvalue weighted by Crippen LogP contribution is -2.16. The molecule has 1 N–H and O–H groups in total. The van der Waals surface area contributed by atoms with Crippen LogP contribution in [0.3, 0.4) is 0 Å². The van der Waals surface area contributed by atoms with Crippen molar-refractivity contribution in [1.82, 2.24) is 5.32 Å². The van der Waals surface area contributed by atoms with Crippen LogP contribution in [0, 0.1) is 25.7 Å². The van der Waals surface area contributed by atoms with Gasteiger partial charge in [-0.3, -0.25) is 0 Å². The van der Waals surface area contributed by atoms with E-state index in [0.29, 0.717) is 6.04 Å². The van der Waals surface area contributed by atoms with Gasteiger partial charge < -0.3 is 5.32 Å². The summed E-state index contributed by atoms with van der Waals surface area (Å²) in [6, 6.07) is 7.14. The van der Waals surface area contributed by atoms with Crippen molar-refractivity contribution in [2.45, 2.75) is 39.7 Å². The molecule has 0 aliphatic rings. The maximum atomic E-state index is 3.36. The van der Waals surface area contributed by atoms with Gasteiger partial charge in [-0.25, -0.2) is 0 Å². The lowest BCUT2D eigenvalue weighted by molar-refractivity contribution is 0.558. The van der Waals surface area contributed by atoms with Crippen molar-refractivity contribution in [3.05, 3.63) is 34.9 Å². The third-order valence-electron chi connectivity index (χ3n) is 2.73. The van der Waals surface area contributed by atoms with Gasteiger partial charge in [-0.15, -0.1) is 11.8 Å². The van der Waals surface area contributed by atoms with Crippen LogP contribution in [0.15, 0.2) is 18.2 Å². The van der Waals surface area contributed by atoms with Crippen LogP contribution in [0.2, 0.25) is 0 Å². The molecule has 1 unspecified atom stereocenters. The Morgan fingerprint density at radius 1 is 1.19 bits per heavy atom. The Hall–Kier alpha value is -1.26. The van der Waals surface area contributed by atoms with E-state index in [-0.39, 0.29) is 0 Å². The molecule has 1 aromatic carbocycles. The van der Waals surface area contributed by atoms with Gasteiger partial charge in [0.2, 0.25) is 0 Å². The zero-order valence-corrected chi connectivity index (χ0v) is 10.7. The average Bonchev–Trinajstić information content (AvgIpc) is 2.23. The van der Waals surface area contributed by atoms with Gasteiger partial charge in [0.05, 0.1) is 0 Å². The van der Waals surface area contributed by atoms with Crippen LogP contribution in [0.25, 0.3) is 0 Å². The number of nitrogens with one attached hydrogen (secondary N) is 1. The minimum absolute atomic E-state index is 0.416. The van der Waals surface area contributed by atoms with Gasteiger partial charge in [-0.05, 0) is 39.8 Å². The summed E-state index contributed by atoms with van der Waals surface area (Å²) in [4.78, 5) is 0. The standard InChI is InChI=1S/C15H21N/c1-5-6-7-8-15(16-4)14-10-12(2)9-13(3)11-14/h9-11,15-16H,7-8H2,1-4H3. The maximum absolute atomic E-state index is 3.36. The zero-order chi connectivity index (χ0) is 12.0. The number of rotatable bonds is 4. The summed E-state index contributed by atoms with van der Waals surface area (Å²) >= 11 is 0. The Bertz CT molecular complexity index is 375. The molecule has 0 radical (unpaired) electrons. The molecule has 0 heterocycles. The van der Waals surface area contributed by atoms with Gasteiger partial charge in [0, 0.05) is 12.5 Å². The molecule has 1 aromatic rings. The Morgan fingerprint density at radius 2 is 1.81 bits per heavy atom. The first-order valence-corrected chi connectivity index (χ1v) is 5.82. The van der Waals surface area contributed by atoms with Gasteiger partial charge in [0.15, 0.2) is 0 Å². The van der Waals surface area contributed by atoms with E-state index in [1.54, 1.807) is 0 Å². The van der Waals surface area contributed by atoms with Crippen molar-refractivity contribution in [2.24, 2.45) is 0 Å². The summed E-state index contributed by atoms with van der Waals surface area (Å²) in [5, 5.41) is 3.36. The molecular weight excluding hydrogens is 194 g/mol. The zero-order valence-electron chi connectivity index (χ0n) is 10.7. The first-order valence-electron chi connectivity index (χ1n) is 5.82. The molecule has 0 saturated carbocycles. The summed E-state index contributed by atoms with van der Waals surface area (Å²) in [5.74, 6) is 6.07. The number of hydrogen-bond donors (Lipinski definition) is 1. The third kappa shape index (κ3) is 3.72. The molecule has 0 amide bonds. The molecule has 86 valence electrons. The minimum Gasteiger partial charge on any atom is -0.313 e. The molecule has 1 heteroatoms. The quantitative estimate of drug-likeness (QED) is 0.759. The van der Waals surface area contributed by atoms with Crippen molar-refractivity contribution >= 4 is 0 Å². The monoisotopic (exact) mass is 215 g/mol. The average molecular weight is 215 g/mol. The van der Waals surface area contributed by atoms with Crippen LogP contribution in [0.5, 0.6) is 0 Å². The van der Waals surface area contributed by atoms with E-state index in [0.717, 1.165) is 12.8 Å². The highest BCUT2D eigenvalue weighted by Gasteiger charge is 2.08. The third-order valence-corrected chi connectivity index (χ3v) is 2.73. The van der Waals surface area contributed by atoms with Gasteiger partial charge in [-0.1, -0.05) is 29.3 Å². The fourth-order valence-electron chi connectivity index (χ4n) is 2.03. The van der Waals surface area contributed by atoms with Crippen LogP contribution < -0.4 is 5.32 Å². The van der Waals surface area contributed by atoms with Gasteiger partial charge in [-0.2, -0.15) is 0 Å². The molecule has 0 spiro atoms. The van der Waals surface area contributed by atoms with Crippen molar-refractivity contribution < 1.29 is 0 Å². The van der Waals surface area contributed by atoms with Crippen molar-refractivity contribution in [2.75, 3.05) is 7.05 Å². The molecule has 0 aliphatic carbocycles. The highest BCUT2D eigenvalue weighted by atomic mass is 14.9. The highest BCUT2D eigenvalue weighted by Crippen LogP contribution is 2.20. The summed E-state index contributed by atoms with van der Waals surface area (Å²) in [7, 11) is 2.02. The van der Waals surface area contributed by atoms with Crippen LogP contribution in [0.1, 0.15) is 42.5 Å². The van der Waals surface area contributed by atoms with Crippen LogP contribution in [-0.4, -0.2) is 7.05 Å². The normalized spacial score (nSPS) is 11.8. The molecule has 16 heavy (non-hydrogen) atoms. The molecular formula is C15H21N. The molecule has 0 saturated heterocycles. The molecule has 0 aromatic heterocycles. The lowest BCUT2D eigenvalue weighted by Gasteiger charge is -2.16. The van der Waals surface area contributed by atoms with Gasteiger partial charge >= 0.3 is 0 Å². The fourth-order valence-corrected chi connectivity index (χ4v) is 2.03. The predicted molar refractivity (Wildman–Crippen MR) is 70.4 cm³/mol. The van der Waals surface area contributed by atoms with E-state index in [9.17, 15) is 0 Å². The maximum Gasteiger partial charge on any atom is 0.0326 e. The summed E-state index contributed by atoms with van der Waals surface area (Å²) in [5.41, 5.74) is 4.03. The summed E-state index contributed by atoms with van der Waals surface area (Å²) < 4.78 is 0. The van der Waals surface area contributed by atoms with Crippen molar-refractivity contribution in [3.63, 3.8) is 0 Å². The van der Waals surface area contributed by atoms with Crippen LogP contribution >= 0.6 is 0 Å². The van der Waals surface area contributed by atoms with E-state index in [1.807, 2.05) is 14.0 Å². The molecule has 0 fully saturated rings. The molecule has 0 aliphatic heterocycles. The molecule has 1 atom stereocenters. The van der Waals surface area contributed by atoms with Crippen LogP contribution in [-0.2, 0) is 0 Å². The molecule has 1 nitrogen and oxygen atoms in total. The SMILES string of the molecule is CC#CCCC(NC)c1cc(C)cc(C)c1. The number of aryl methyl sites for hydroxylation is 2. The number of benzene rings is 1. The predicted octanol–water partition coefficient (Wildman–Crippen LogP) is 3.37. The largest absolute Gasteiger partial charge is 0.313 e. The molecule has 1 rings (SSSR count). The Morgan fingerprint density at radius 3 is 2.31 bits per heavy atom. The van der Waals surface area contributed by atoms with Crippen molar-refractivity contribution in [1.29, 1.82) is 0 Å². The second-order valence-corrected chi connectivity index (χ2v) is 4.23. The minimum atomic E-state index is 0.416. The van der Waals surface area contributed by atoms with Gasteiger partial charge in [0.25, 0.3) is 0 Å². The van der Waals surface area contributed by atoms with Gasteiger partial charge in [0.1, 0.15) is 0 Å². The Labute approximate surface area is 99.3 Å². The van der Waals surface area contributed by atoms with E-state index >= 15 is 0 Å². The Balaban J connectivity index is 2.80. The topological polar surface area (TPSA) is 12.0 Å².